The molecule has 0 bridgehead atoms. The van der Waals surface area contributed by atoms with Crippen LogP contribution in [0.3, 0.4) is 0 Å². The Morgan fingerprint density at radius 2 is 1.92 bits per heavy atom. The molecule has 0 aliphatic rings. The summed E-state index contributed by atoms with van der Waals surface area (Å²) in [6.45, 7) is 2.04. The zero-order valence-corrected chi connectivity index (χ0v) is 13.5. The molecule has 0 saturated carbocycles. The number of aromatic amines is 1. The number of hydrogen-bond acceptors (Lipinski definition) is 5. The second-order valence-corrected chi connectivity index (χ2v) is 5.39. The van der Waals surface area contributed by atoms with Gasteiger partial charge in [-0.05, 0) is 31.2 Å². The first-order valence-electron chi connectivity index (χ1n) is 7.88. The Balaban J connectivity index is 1.70. The Bertz CT molecular complexity index is 1030. The molecule has 0 fully saturated rings. The van der Waals surface area contributed by atoms with E-state index in [0.29, 0.717) is 5.69 Å². The van der Waals surface area contributed by atoms with Crippen LogP contribution < -0.4 is 0 Å². The zero-order valence-electron chi connectivity index (χ0n) is 13.5. The fourth-order valence-electron chi connectivity index (χ4n) is 2.72. The number of benzene rings is 2. The average Bonchev–Trinajstić information content (AvgIpc) is 3.29. The minimum atomic E-state index is -0.490. The Hall–Kier alpha value is -3.48. The Kier molecular flexibility index (Phi) is 3.74. The molecule has 0 aliphatic heterocycles. The van der Waals surface area contributed by atoms with Crippen LogP contribution in [-0.4, -0.2) is 37.5 Å². The molecule has 0 spiro atoms. The van der Waals surface area contributed by atoms with Crippen molar-refractivity contribution in [3.63, 3.8) is 0 Å². The number of nitrogens with one attached hydrogen (secondary N) is 1. The van der Waals surface area contributed by atoms with E-state index in [4.69, 9.17) is 4.74 Å². The van der Waals surface area contributed by atoms with E-state index < -0.39 is 5.97 Å². The van der Waals surface area contributed by atoms with E-state index in [2.05, 4.69) is 20.4 Å². The molecule has 0 atom stereocenters. The number of H-pyrrole nitrogens is 1. The number of carbonyl (C=O) groups excluding carboxylic acids is 1. The van der Waals surface area contributed by atoms with Gasteiger partial charge in [-0.2, -0.15) is 10.3 Å². The van der Waals surface area contributed by atoms with E-state index >= 15 is 0 Å². The van der Waals surface area contributed by atoms with E-state index in [9.17, 15) is 4.79 Å². The predicted octanol–water partition coefficient (Wildman–Crippen LogP) is 2.99. The summed E-state index contributed by atoms with van der Waals surface area (Å²) in [5.74, 6) is -0.490. The molecule has 25 heavy (non-hydrogen) atoms. The molecule has 4 aromatic rings. The second-order valence-electron chi connectivity index (χ2n) is 5.39. The molecular weight excluding hydrogens is 318 g/mol. The number of imidazole rings is 1. The van der Waals surface area contributed by atoms with Gasteiger partial charge in [-0.25, -0.2) is 9.78 Å². The minimum Gasteiger partial charge on any atom is -0.461 e. The normalized spacial score (nSPS) is 10.9. The topological polar surface area (TPSA) is 85.7 Å². The SMILES string of the molecule is CCOC(=O)c1n[nH]nc1-c1ccc(-n2cnc3ccccc32)cc1. The van der Waals surface area contributed by atoms with Crippen LogP contribution in [0, 0.1) is 0 Å². The number of fused-ring (bicyclic) bond motifs is 1. The number of para-hydroxylation sites is 2. The molecule has 0 saturated heterocycles. The van der Waals surface area contributed by atoms with Crippen LogP contribution in [0.5, 0.6) is 0 Å². The van der Waals surface area contributed by atoms with E-state index in [1.165, 1.54) is 0 Å². The third-order valence-corrected chi connectivity index (χ3v) is 3.89. The summed E-state index contributed by atoms with van der Waals surface area (Å²) >= 11 is 0. The van der Waals surface area contributed by atoms with Crippen molar-refractivity contribution in [3.05, 3.63) is 60.6 Å². The van der Waals surface area contributed by atoms with E-state index in [-0.39, 0.29) is 12.3 Å². The van der Waals surface area contributed by atoms with Gasteiger partial charge in [0.2, 0.25) is 0 Å². The summed E-state index contributed by atoms with van der Waals surface area (Å²) in [5.41, 5.74) is 4.38. The van der Waals surface area contributed by atoms with Crippen molar-refractivity contribution in [1.82, 2.24) is 25.0 Å². The van der Waals surface area contributed by atoms with Crippen molar-refractivity contribution >= 4 is 17.0 Å². The molecule has 2 aromatic carbocycles. The van der Waals surface area contributed by atoms with Gasteiger partial charge >= 0.3 is 5.97 Å². The standard InChI is InChI=1S/C18H15N5O2/c1-2-25-18(24)17-16(20-22-21-17)12-7-9-13(10-8-12)23-11-19-14-5-3-4-6-15(14)23/h3-11H,2H2,1H3,(H,20,21,22). The van der Waals surface area contributed by atoms with Crippen molar-refractivity contribution in [2.24, 2.45) is 0 Å². The highest BCUT2D eigenvalue weighted by Gasteiger charge is 2.19. The van der Waals surface area contributed by atoms with Gasteiger partial charge in [0.05, 0.1) is 17.6 Å². The molecule has 7 heteroatoms. The van der Waals surface area contributed by atoms with E-state index in [1.807, 2.05) is 53.1 Å². The molecule has 4 rings (SSSR count). The summed E-state index contributed by atoms with van der Waals surface area (Å²) in [6.07, 6.45) is 1.79. The maximum Gasteiger partial charge on any atom is 0.361 e. The first kappa shape index (κ1) is 15.1. The molecule has 0 unspecified atom stereocenters. The van der Waals surface area contributed by atoms with Crippen molar-refractivity contribution in [2.75, 3.05) is 6.61 Å². The first-order chi connectivity index (χ1) is 12.3. The predicted molar refractivity (Wildman–Crippen MR) is 92.4 cm³/mol. The summed E-state index contributed by atoms with van der Waals surface area (Å²) < 4.78 is 7.01. The largest absolute Gasteiger partial charge is 0.461 e. The molecule has 0 amide bonds. The first-order valence-corrected chi connectivity index (χ1v) is 7.88. The Morgan fingerprint density at radius 1 is 1.12 bits per heavy atom. The quantitative estimate of drug-likeness (QED) is 0.580. The molecule has 7 nitrogen and oxygen atoms in total. The fourth-order valence-corrected chi connectivity index (χ4v) is 2.72. The average molecular weight is 333 g/mol. The lowest BCUT2D eigenvalue weighted by molar-refractivity contribution is 0.0520. The third-order valence-electron chi connectivity index (χ3n) is 3.89. The lowest BCUT2D eigenvalue weighted by Crippen LogP contribution is -2.06. The Labute approximate surface area is 143 Å². The van der Waals surface area contributed by atoms with Crippen molar-refractivity contribution < 1.29 is 9.53 Å². The fraction of sp³-hybridized carbons (Fsp3) is 0.111. The number of ether oxygens (including phenoxy) is 1. The molecule has 0 radical (unpaired) electrons. The third kappa shape index (κ3) is 2.65. The highest BCUT2D eigenvalue weighted by molar-refractivity contribution is 5.94. The second kappa shape index (κ2) is 6.20. The molecule has 0 aliphatic carbocycles. The molecule has 2 heterocycles. The molecule has 1 N–H and O–H groups in total. The van der Waals surface area contributed by atoms with Gasteiger partial charge in [-0.15, -0.1) is 5.10 Å². The highest BCUT2D eigenvalue weighted by Crippen LogP contribution is 2.23. The van der Waals surface area contributed by atoms with Gasteiger partial charge in [0.15, 0.2) is 5.69 Å². The number of carbonyl (C=O) groups is 1. The van der Waals surface area contributed by atoms with Crippen LogP contribution in [0.1, 0.15) is 17.4 Å². The van der Waals surface area contributed by atoms with Gasteiger partial charge in [0.1, 0.15) is 12.0 Å². The van der Waals surface area contributed by atoms with E-state index in [1.54, 1.807) is 13.3 Å². The summed E-state index contributed by atoms with van der Waals surface area (Å²) in [5, 5.41) is 10.5. The zero-order chi connectivity index (χ0) is 17.2. The van der Waals surface area contributed by atoms with Gasteiger partial charge < -0.3 is 4.74 Å². The number of aromatic nitrogens is 5. The van der Waals surface area contributed by atoms with E-state index in [0.717, 1.165) is 22.3 Å². The lowest BCUT2D eigenvalue weighted by atomic mass is 10.1. The number of rotatable bonds is 4. The lowest BCUT2D eigenvalue weighted by Gasteiger charge is -2.06. The smallest absolute Gasteiger partial charge is 0.361 e. The van der Waals surface area contributed by atoms with Crippen molar-refractivity contribution in [1.29, 1.82) is 0 Å². The van der Waals surface area contributed by atoms with Crippen molar-refractivity contribution in [3.8, 4) is 16.9 Å². The van der Waals surface area contributed by atoms with Gasteiger partial charge in [0, 0.05) is 11.3 Å². The maximum absolute atomic E-state index is 11.9. The van der Waals surface area contributed by atoms with Crippen LogP contribution in [0.25, 0.3) is 28.0 Å². The maximum atomic E-state index is 11.9. The van der Waals surface area contributed by atoms with Crippen LogP contribution in [0.4, 0.5) is 0 Å². The summed E-state index contributed by atoms with van der Waals surface area (Å²) in [6, 6.07) is 15.6. The molecular formula is C18H15N5O2. The number of nitrogens with zero attached hydrogens (tertiary/aromatic N) is 4. The van der Waals surface area contributed by atoms with Crippen LogP contribution in [0.2, 0.25) is 0 Å². The number of esters is 1. The summed E-state index contributed by atoms with van der Waals surface area (Å²) in [4.78, 5) is 16.3. The van der Waals surface area contributed by atoms with Crippen LogP contribution in [-0.2, 0) is 4.74 Å². The number of hydrogen-bond donors (Lipinski definition) is 1. The van der Waals surface area contributed by atoms with Gasteiger partial charge in [-0.1, -0.05) is 24.3 Å². The monoisotopic (exact) mass is 333 g/mol. The highest BCUT2D eigenvalue weighted by atomic mass is 16.5. The minimum absolute atomic E-state index is 0.183. The van der Waals surface area contributed by atoms with Crippen LogP contribution in [0.15, 0.2) is 54.9 Å². The summed E-state index contributed by atoms with van der Waals surface area (Å²) in [7, 11) is 0. The van der Waals surface area contributed by atoms with Gasteiger partial charge in [0.25, 0.3) is 0 Å². The van der Waals surface area contributed by atoms with Crippen molar-refractivity contribution in [2.45, 2.75) is 6.92 Å². The van der Waals surface area contributed by atoms with Gasteiger partial charge in [-0.3, -0.25) is 4.57 Å². The molecule has 124 valence electrons. The molecule has 2 aromatic heterocycles. The van der Waals surface area contributed by atoms with Crippen LogP contribution >= 0.6 is 0 Å². The Morgan fingerprint density at radius 3 is 2.72 bits per heavy atom.